The van der Waals surface area contributed by atoms with Crippen LogP contribution in [0.1, 0.15) is 17.2 Å². The van der Waals surface area contributed by atoms with Crippen molar-refractivity contribution in [1.82, 2.24) is 0 Å². The molecule has 0 spiro atoms. The summed E-state index contributed by atoms with van der Waals surface area (Å²) >= 11 is 0. The molecule has 0 aromatic heterocycles. The van der Waals surface area contributed by atoms with Gasteiger partial charge in [-0.2, -0.15) is 0 Å². The van der Waals surface area contributed by atoms with E-state index < -0.39 is 24.0 Å². The van der Waals surface area contributed by atoms with Crippen LogP contribution in [0.2, 0.25) is 0 Å². The second-order valence-electron chi connectivity index (χ2n) is 7.56. The third kappa shape index (κ3) is 2.76. The molecule has 2 saturated heterocycles. The Bertz CT molecular complexity index is 1110. The number of amides is 2. The first-order valence-electron chi connectivity index (χ1n) is 9.79. The minimum absolute atomic E-state index is 0.0571. The number of carbonyl (C=O) groups excluding carboxylic acids is 2. The molecule has 5 rings (SSSR count). The number of anilines is 2. The Balaban J connectivity index is 1.60. The van der Waals surface area contributed by atoms with Crippen molar-refractivity contribution in [3.63, 3.8) is 0 Å². The maximum atomic E-state index is 13.5. The van der Waals surface area contributed by atoms with Gasteiger partial charge in [-0.25, -0.2) is 9.96 Å². The molecule has 2 aliphatic heterocycles. The van der Waals surface area contributed by atoms with E-state index in [9.17, 15) is 14.7 Å². The first-order valence-corrected chi connectivity index (χ1v) is 9.79. The standard InChI is InChI=1S/C24H20N2O4/c1-15-11-13-16(14-12-15)25-23(28)20-21(18-9-5-6-10-19(18)27)26(30-22(20)24(25)29)17-7-3-2-4-8-17/h2-14,20-22,27H,1H3/t20-,21+,22+/m0/s1. The molecule has 6 nitrogen and oxygen atoms in total. The van der Waals surface area contributed by atoms with Crippen LogP contribution in [-0.2, 0) is 14.4 Å². The summed E-state index contributed by atoms with van der Waals surface area (Å²) in [4.78, 5) is 33.9. The van der Waals surface area contributed by atoms with Gasteiger partial charge in [0.25, 0.3) is 5.91 Å². The van der Waals surface area contributed by atoms with Gasteiger partial charge in [0, 0.05) is 5.56 Å². The summed E-state index contributed by atoms with van der Waals surface area (Å²) in [6.07, 6.45) is -0.955. The Morgan fingerprint density at radius 3 is 2.17 bits per heavy atom. The second-order valence-corrected chi connectivity index (χ2v) is 7.56. The first-order chi connectivity index (χ1) is 14.6. The molecule has 0 unspecified atom stereocenters. The quantitative estimate of drug-likeness (QED) is 0.678. The number of phenolic OH excluding ortho intramolecular Hbond substituents is 1. The number of imide groups is 1. The van der Waals surface area contributed by atoms with Crippen LogP contribution in [0.3, 0.4) is 0 Å². The molecule has 30 heavy (non-hydrogen) atoms. The van der Waals surface area contributed by atoms with Crippen LogP contribution >= 0.6 is 0 Å². The zero-order valence-corrected chi connectivity index (χ0v) is 16.3. The molecular weight excluding hydrogens is 380 g/mol. The molecule has 3 aromatic carbocycles. The van der Waals surface area contributed by atoms with E-state index in [-0.39, 0.29) is 11.7 Å². The Kier molecular flexibility index (Phi) is 4.29. The van der Waals surface area contributed by atoms with Crippen molar-refractivity contribution in [3.8, 4) is 5.75 Å². The van der Waals surface area contributed by atoms with Crippen LogP contribution in [-0.4, -0.2) is 23.0 Å². The van der Waals surface area contributed by atoms with E-state index in [1.807, 2.05) is 49.4 Å². The monoisotopic (exact) mass is 400 g/mol. The normalized spacial score (nSPS) is 23.2. The van der Waals surface area contributed by atoms with Crippen molar-refractivity contribution < 1.29 is 19.5 Å². The number of phenols is 1. The second kappa shape index (κ2) is 7.00. The van der Waals surface area contributed by atoms with Crippen LogP contribution in [0.25, 0.3) is 0 Å². The van der Waals surface area contributed by atoms with Gasteiger partial charge in [0.15, 0.2) is 6.10 Å². The molecule has 6 heteroatoms. The van der Waals surface area contributed by atoms with E-state index in [1.54, 1.807) is 41.5 Å². The number of carbonyl (C=O) groups is 2. The molecule has 2 aliphatic rings. The van der Waals surface area contributed by atoms with Crippen molar-refractivity contribution in [2.45, 2.75) is 19.1 Å². The number of hydroxylamine groups is 1. The third-order valence-corrected chi connectivity index (χ3v) is 5.67. The van der Waals surface area contributed by atoms with Crippen molar-refractivity contribution in [3.05, 3.63) is 90.0 Å². The Morgan fingerprint density at radius 1 is 0.800 bits per heavy atom. The summed E-state index contributed by atoms with van der Waals surface area (Å²) in [7, 11) is 0. The van der Waals surface area contributed by atoms with Gasteiger partial charge in [0.05, 0.1) is 17.4 Å². The van der Waals surface area contributed by atoms with Gasteiger partial charge in [-0.3, -0.25) is 14.4 Å². The largest absolute Gasteiger partial charge is 0.508 e. The Morgan fingerprint density at radius 2 is 1.47 bits per heavy atom. The Labute approximate surface area is 173 Å². The molecule has 0 aliphatic carbocycles. The highest BCUT2D eigenvalue weighted by Crippen LogP contribution is 2.49. The summed E-state index contributed by atoms with van der Waals surface area (Å²) in [6.45, 7) is 1.95. The number of aromatic hydroxyl groups is 1. The first kappa shape index (κ1) is 18.4. The number of hydrogen-bond donors (Lipinski definition) is 1. The molecule has 150 valence electrons. The van der Waals surface area contributed by atoms with E-state index in [1.165, 1.54) is 4.90 Å². The number of para-hydroxylation sites is 2. The van der Waals surface area contributed by atoms with Crippen LogP contribution in [0.15, 0.2) is 78.9 Å². The van der Waals surface area contributed by atoms with Crippen LogP contribution in [0.5, 0.6) is 5.75 Å². The van der Waals surface area contributed by atoms with E-state index >= 15 is 0 Å². The Hall–Kier alpha value is -3.64. The molecule has 1 N–H and O–H groups in total. The lowest BCUT2D eigenvalue weighted by Gasteiger charge is -2.29. The smallest absolute Gasteiger partial charge is 0.266 e. The maximum absolute atomic E-state index is 13.5. The fourth-order valence-electron chi connectivity index (χ4n) is 4.22. The van der Waals surface area contributed by atoms with Gasteiger partial charge in [0.2, 0.25) is 5.91 Å². The fraction of sp³-hybridized carbons (Fsp3) is 0.167. The van der Waals surface area contributed by atoms with Crippen molar-refractivity contribution >= 4 is 23.2 Å². The molecule has 2 amide bonds. The molecule has 2 fully saturated rings. The number of nitrogens with zero attached hydrogens (tertiary/aromatic N) is 2. The highest BCUT2D eigenvalue weighted by Gasteiger charge is 2.60. The van der Waals surface area contributed by atoms with E-state index in [0.29, 0.717) is 16.9 Å². The molecule has 3 aromatic rings. The van der Waals surface area contributed by atoms with Crippen LogP contribution in [0, 0.1) is 12.8 Å². The average Bonchev–Trinajstić information content (AvgIpc) is 3.26. The number of benzene rings is 3. The van der Waals surface area contributed by atoms with E-state index in [2.05, 4.69) is 0 Å². The summed E-state index contributed by atoms with van der Waals surface area (Å²) in [5.74, 6) is -1.44. The lowest BCUT2D eigenvalue weighted by atomic mass is 9.90. The minimum Gasteiger partial charge on any atom is -0.508 e. The molecule has 3 atom stereocenters. The highest BCUT2D eigenvalue weighted by atomic mass is 16.7. The third-order valence-electron chi connectivity index (χ3n) is 5.67. The number of fused-ring (bicyclic) bond motifs is 1. The molecule has 0 saturated carbocycles. The van der Waals surface area contributed by atoms with Crippen molar-refractivity contribution in [2.75, 3.05) is 9.96 Å². The van der Waals surface area contributed by atoms with Crippen LogP contribution < -0.4 is 9.96 Å². The minimum atomic E-state index is -0.955. The van der Waals surface area contributed by atoms with E-state index in [0.717, 1.165) is 5.56 Å². The van der Waals surface area contributed by atoms with Crippen LogP contribution in [0.4, 0.5) is 11.4 Å². The number of aryl methyl sites for hydroxylation is 1. The molecule has 2 heterocycles. The number of hydrogen-bond acceptors (Lipinski definition) is 5. The fourth-order valence-corrected chi connectivity index (χ4v) is 4.22. The lowest BCUT2D eigenvalue weighted by Crippen LogP contribution is -2.37. The van der Waals surface area contributed by atoms with E-state index in [4.69, 9.17) is 4.84 Å². The van der Waals surface area contributed by atoms with Gasteiger partial charge in [0.1, 0.15) is 11.7 Å². The molecule has 0 radical (unpaired) electrons. The summed E-state index contributed by atoms with van der Waals surface area (Å²) in [5.41, 5.74) is 2.82. The van der Waals surface area contributed by atoms with Gasteiger partial charge >= 0.3 is 0 Å². The summed E-state index contributed by atoms with van der Waals surface area (Å²) in [6, 6.07) is 22.8. The SMILES string of the molecule is Cc1ccc(N2C(=O)[C@H]3[C@@H](c4ccccc4O)N(c4ccccc4)O[C@H]3C2=O)cc1. The predicted molar refractivity (Wildman–Crippen MR) is 112 cm³/mol. The average molecular weight is 400 g/mol. The van der Waals surface area contributed by atoms with Gasteiger partial charge in [-0.05, 0) is 37.3 Å². The summed E-state index contributed by atoms with van der Waals surface area (Å²) in [5, 5.41) is 12.1. The van der Waals surface area contributed by atoms with Gasteiger partial charge in [-0.15, -0.1) is 0 Å². The zero-order chi connectivity index (χ0) is 20.8. The summed E-state index contributed by atoms with van der Waals surface area (Å²) < 4.78 is 0. The van der Waals surface area contributed by atoms with Gasteiger partial charge < -0.3 is 5.11 Å². The number of rotatable bonds is 3. The predicted octanol–water partition coefficient (Wildman–Crippen LogP) is 3.75. The highest BCUT2D eigenvalue weighted by molar-refractivity contribution is 6.23. The van der Waals surface area contributed by atoms with Crippen molar-refractivity contribution in [2.24, 2.45) is 5.92 Å². The zero-order valence-electron chi connectivity index (χ0n) is 16.3. The van der Waals surface area contributed by atoms with Gasteiger partial charge in [-0.1, -0.05) is 54.1 Å². The lowest BCUT2D eigenvalue weighted by molar-refractivity contribution is -0.126. The molecule has 0 bridgehead atoms. The molecular formula is C24H20N2O4. The maximum Gasteiger partial charge on any atom is 0.266 e. The topological polar surface area (TPSA) is 70.1 Å². The van der Waals surface area contributed by atoms with Crippen molar-refractivity contribution in [1.29, 1.82) is 0 Å².